The molecular weight excluding hydrogens is 242 g/mol. The molecule has 0 unspecified atom stereocenters. The van der Waals surface area contributed by atoms with Crippen LogP contribution in [0.15, 0.2) is 48.8 Å². The molecule has 0 saturated carbocycles. The topological polar surface area (TPSA) is 75.1 Å². The van der Waals surface area contributed by atoms with Gasteiger partial charge in [-0.05, 0) is 30.8 Å². The summed E-state index contributed by atoms with van der Waals surface area (Å²) in [6, 6.07) is 10.4. The number of nitrogens with zero attached hydrogens (tertiary/aromatic N) is 2. The van der Waals surface area contributed by atoms with Crippen LogP contribution >= 0.6 is 0 Å². The van der Waals surface area contributed by atoms with Crippen LogP contribution < -0.4 is 5.32 Å². The Balaban J connectivity index is 2.65. The van der Waals surface area contributed by atoms with Crippen molar-refractivity contribution < 1.29 is 9.90 Å². The van der Waals surface area contributed by atoms with Crippen LogP contribution in [0, 0.1) is 0 Å². The summed E-state index contributed by atoms with van der Waals surface area (Å²) < 4.78 is 0. The number of carboxylic acids is 1. The Morgan fingerprint density at radius 2 is 1.68 bits per heavy atom. The number of carboxylic acid groups (broad SMARTS) is 1. The number of pyridine rings is 2. The van der Waals surface area contributed by atoms with Crippen molar-refractivity contribution in [2.24, 2.45) is 0 Å². The van der Waals surface area contributed by atoms with E-state index in [4.69, 9.17) is 0 Å². The monoisotopic (exact) mass is 257 g/mol. The molecule has 2 N–H and O–H groups in total. The third-order valence-electron chi connectivity index (χ3n) is 2.86. The van der Waals surface area contributed by atoms with Crippen molar-refractivity contribution >= 4 is 5.97 Å². The Bertz CT molecular complexity index is 504. The van der Waals surface area contributed by atoms with Gasteiger partial charge >= 0.3 is 5.97 Å². The van der Waals surface area contributed by atoms with Gasteiger partial charge in [0.25, 0.3) is 0 Å². The second-order valence-corrected chi connectivity index (χ2v) is 4.02. The van der Waals surface area contributed by atoms with E-state index >= 15 is 0 Å². The second kappa shape index (κ2) is 5.58. The first kappa shape index (κ1) is 13.2. The van der Waals surface area contributed by atoms with Crippen LogP contribution in [0.25, 0.3) is 0 Å². The fourth-order valence-electron chi connectivity index (χ4n) is 2.04. The van der Waals surface area contributed by atoms with Gasteiger partial charge in [0.1, 0.15) is 0 Å². The van der Waals surface area contributed by atoms with E-state index in [-0.39, 0.29) is 0 Å². The Morgan fingerprint density at radius 1 is 1.16 bits per heavy atom. The quantitative estimate of drug-likeness (QED) is 0.847. The Labute approximate surface area is 111 Å². The fraction of sp³-hybridized carbons (Fsp3) is 0.214. The van der Waals surface area contributed by atoms with Gasteiger partial charge in [-0.2, -0.15) is 0 Å². The van der Waals surface area contributed by atoms with Crippen molar-refractivity contribution in [3.8, 4) is 0 Å². The maximum absolute atomic E-state index is 11.9. The number of carbonyl (C=O) groups is 1. The summed E-state index contributed by atoms with van der Waals surface area (Å²) in [5, 5.41) is 12.7. The molecule has 0 radical (unpaired) electrons. The second-order valence-electron chi connectivity index (χ2n) is 4.02. The van der Waals surface area contributed by atoms with Crippen LogP contribution in [0.5, 0.6) is 0 Å². The summed E-state index contributed by atoms with van der Waals surface area (Å²) in [7, 11) is 0. The minimum atomic E-state index is -1.42. The minimum Gasteiger partial charge on any atom is -0.479 e. The van der Waals surface area contributed by atoms with E-state index < -0.39 is 11.5 Å². The van der Waals surface area contributed by atoms with Crippen molar-refractivity contribution in [3.63, 3.8) is 0 Å². The van der Waals surface area contributed by atoms with Gasteiger partial charge in [-0.3, -0.25) is 15.3 Å². The predicted molar refractivity (Wildman–Crippen MR) is 70.6 cm³/mol. The summed E-state index contributed by atoms with van der Waals surface area (Å²) >= 11 is 0. The molecule has 2 heterocycles. The van der Waals surface area contributed by atoms with Gasteiger partial charge in [0, 0.05) is 12.4 Å². The van der Waals surface area contributed by atoms with Crippen LogP contribution in [0.4, 0.5) is 0 Å². The number of likely N-dealkylation sites (N-methyl/N-ethyl adjacent to an activating group) is 1. The number of rotatable bonds is 5. The standard InChI is InChI=1S/C14H15N3O2/c1-2-17-14(13(18)19,11-7-3-5-9-15-11)12-8-4-6-10-16-12/h3-10,17H,2H2,1H3,(H,18,19). The van der Waals surface area contributed by atoms with Crippen molar-refractivity contribution in [1.82, 2.24) is 15.3 Å². The smallest absolute Gasteiger partial charge is 0.336 e. The first-order chi connectivity index (χ1) is 9.21. The summed E-state index contributed by atoms with van der Waals surface area (Å²) in [6.07, 6.45) is 3.15. The van der Waals surface area contributed by atoms with Crippen LogP contribution in [-0.4, -0.2) is 27.6 Å². The maximum Gasteiger partial charge on any atom is 0.336 e. The number of hydrogen-bond acceptors (Lipinski definition) is 4. The first-order valence-electron chi connectivity index (χ1n) is 6.03. The highest BCUT2D eigenvalue weighted by Gasteiger charge is 2.44. The summed E-state index contributed by atoms with van der Waals surface area (Å²) in [5.41, 5.74) is -0.580. The molecule has 19 heavy (non-hydrogen) atoms. The van der Waals surface area contributed by atoms with E-state index in [9.17, 15) is 9.90 Å². The molecule has 0 aliphatic carbocycles. The van der Waals surface area contributed by atoms with Crippen LogP contribution in [0.3, 0.4) is 0 Å². The molecule has 98 valence electrons. The summed E-state index contributed by atoms with van der Waals surface area (Å²) in [5.74, 6) is -1.02. The number of aromatic nitrogens is 2. The van der Waals surface area contributed by atoms with Gasteiger partial charge in [0.2, 0.25) is 5.54 Å². The van der Waals surface area contributed by atoms with E-state index in [1.54, 1.807) is 48.8 Å². The lowest BCUT2D eigenvalue weighted by Crippen LogP contribution is -2.51. The molecule has 2 rings (SSSR count). The zero-order valence-corrected chi connectivity index (χ0v) is 10.6. The highest BCUT2D eigenvalue weighted by Crippen LogP contribution is 2.26. The molecule has 0 atom stereocenters. The molecular formula is C14H15N3O2. The van der Waals surface area contributed by atoms with Gasteiger partial charge in [-0.25, -0.2) is 4.79 Å². The molecule has 0 saturated heterocycles. The fourth-order valence-corrected chi connectivity index (χ4v) is 2.04. The Kier molecular flexibility index (Phi) is 3.87. The normalized spacial score (nSPS) is 11.2. The summed E-state index contributed by atoms with van der Waals surface area (Å²) in [4.78, 5) is 20.2. The molecule has 0 fully saturated rings. The molecule has 0 aromatic carbocycles. The van der Waals surface area contributed by atoms with Gasteiger partial charge in [-0.1, -0.05) is 19.1 Å². The third kappa shape index (κ3) is 2.32. The predicted octanol–water partition coefficient (Wildman–Crippen LogP) is 1.41. The number of aliphatic carboxylic acids is 1. The molecule has 2 aromatic rings. The molecule has 0 aliphatic rings. The van der Waals surface area contributed by atoms with Crippen LogP contribution in [-0.2, 0) is 10.3 Å². The van der Waals surface area contributed by atoms with E-state index in [1.165, 1.54) is 0 Å². The lowest BCUT2D eigenvalue weighted by Gasteiger charge is -2.29. The number of nitrogens with one attached hydrogen (secondary N) is 1. The third-order valence-corrected chi connectivity index (χ3v) is 2.86. The first-order valence-corrected chi connectivity index (χ1v) is 6.03. The lowest BCUT2D eigenvalue weighted by molar-refractivity contribution is -0.143. The van der Waals surface area contributed by atoms with E-state index in [1.807, 2.05) is 6.92 Å². The van der Waals surface area contributed by atoms with Crippen molar-refractivity contribution in [3.05, 3.63) is 60.2 Å². The molecule has 5 nitrogen and oxygen atoms in total. The van der Waals surface area contributed by atoms with Gasteiger partial charge in [0.05, 0.1) is 11.4 Å². The van der Waals surface area contributed by atoms with Crippen molar-refractivity contribution in [2.45, 2.75) is 12.5 Å². The zero-order chi connectivity index (χ0) is 13.7. The molecule has 2 aromatic heterocycles. The average molecular weight is 257 g/mol. The Morgan fingerprint density at radius 3 is 2.00 bits per heavy atom. The highest BCUT2D eigenvalue weighted by atomic mass is 16.4. The van der Waals surface area contributed by atoms with E-state index in [0.29, 0.717) is 17.9 Å². The largest absolute Gasteiger partial charge is 0.479 e. The lowest BCUT2D eigenvalue weighted by atomic mass is 9.89. The Hall–Kier alpha value is -2.27. The SMILES string of the molecule is CCNC(C(=O)O)(c1ccccn1)c1ccccn1. The molecule has 0 amide bonds. The molecule has 0 aliphatic heterocycles. The minimum absolute atomic E-state index is 0.419. The number of hydrogen-bond donors (Lipinski definition) is 2. The van der Waals surface area contributed by atoms with E-state index in [2.05, 4.69) is 15.3 Å². The highest BCUT2D eigenvalue weighted by molar-refractivity contribution is 5.84. The summed E-state index contributed by atoms with van der Waals surface area (Å²) in [6.45, 7) is 2.34. The molecule has 5 heteroatoms. The zero-order valence-electron chi connectivity index (χ0n) is 10.6. The average Bonchev–Trinajstić information content (AvgIpc) is 2.46. The molecule has 0 spiro atoms. The van der Waals surface area contributed by atoms with E-state index in [0.717, 1.165) is 0 Å². The van der Waals surface area contributed by atoms with Crippen LogP contribution in [0.2, 0.25) is 0 Å². The van der Waals surface area contributed by atoms with Crippen molar-refractivity contribution in [1.29, 1.82) is 0 Å². The van der Waals surface area contributed by atoms with Crippen molar-refractivity contribution in [2.75, 3.05) is 6.54 Å². The van der Waals surface area contributed by atoms with Crippen LogP contribution in [0.1, 0.15) is 18.3 Å². The van der Waals surface area contributed by atoms with Gasteiger partial charge in [0.15, 0.2) is 0 Å². The van der Waals surface area contributed by atoms with Gasteiger partial charge < -0.3 is 5.11 Å². The molecule has 0 bridgehead atoms. The maximum atomic E-state index is 11.9. The van der Waals surface area contributed by atoms with Gasteiger partial charge in [-0.15, -0.1) is 0 Å².